The van der Waals surface area contributed by atoms with Gasteiger partial charge in [-0.1, -0.05) is 6.07 Å². The fraction of sp³-hybridized carbons (Fsp3) is 0.463. The standard InChI is InChI=1S/C41H42N4O11S/c1-17-7-21-9-24-25(12-42)45-26-14-53-40(50)41(23-11-28(51-5)27(48)10-20(23)8-22(13-46)43-41)15-57-39(33(45)32(44(24)4)29(21)34(49)35(17)52-6)31-30(26)38-37(54-16-55-38)18(2)36(31)56-19(3)47/h7,10-11,22,24-26,32-33,39,43,46H,4,8-9,13-16H2,1-3,5-6H3,(H-,48,49)/p+1/t22?,24-,25-,26-,32+,33+,39+,41+/m0/s1. The highest BCUT2D eigenvalue weighted by Gasteiger charge is 2.65. The molecular weight excluding hydrogens is 757 g/mol. The third-order valence-corrected chi connectivity index (χ3v) is 14.0. The zero-order chi connectivity index (χ0) is 40.2. The van der Waals surface area contributed by atoms with Crippen LogP contribution in [0.25, 0.3) is 0 Å². The molecule has 4 bridgehead atoms. The number of carbonyl (C=O) groups excluding carboxylic acids is 2. The number of aryl methyl sites for hydroxylation is 1. The molecule has 57 heavy (non-hydrogen) atoms. The molecule has 7 aliphatic rings. The van der Waals surface area contributed by atoms with Gasteiger partial charge in [0.2, 0.25) is 6.79 Å². The molecule has 15 nitrogen and oxygen atoms in total. The summed E-state index contributed by atoms with van der Waals surface area (Å²) >= 11 is 1.38. The molecule has 16 heteroatoms. The van der Waals surface area contributed by atoms with Crippen LogP contribution in [0.15, 0.2) is 18.2 Å². The van der Waals surface area contributed by atoms with E-state index in [1.807, 2.05) is 17.6 Å². The van der Waals surface area contributed by atoms with Crippen molar-refractivity contribution in [2.45, 2.75) is 80.7 Å². The Kier molecular flexibility index (Phi) is 8.81. The van der Waals surface area contributed by atoms with Crippen molar-refractivity contribution in [3.05, 3.63) is 62.7 Å². The molecule has 1 unspecified atom stereocenters. The minimum Gasteiger partial charge on any atom is -0.504 e. The van der Waals surface area contributed by atoms with Gasteiger partial charge in [-0.25, -0.2) is 9.37 Å². The van der Waals surface area contributed by atoms with E-state index in [0.29, 0.717) is 63.5 Å². The second-order valence-electron chi connectivity index (χ2n) is 15.5. The van der Waals surface area contributed by atoms with Crippen LogP contribution in [-0.2, 0) is 32.7 Å². The van der Waals surface area contributed by atoms with Gasteiger partial charge in [-0.2, -0.15) is 5.26 Å². The van der Waals surface area contributed by atoms with Crippen molar-refractivity contribution in [2.75, 3.05) is 40.0 Å². The van der Waals surface area contributed by atoms with Crippen LogP contribution in [0.3, 0.4) is 0 Å². The van der Waals surface area contributed by atoms with E-state index in [9.17, 15) is 30.2 Å². The van der Waals surface area contributed by atoms with Gasteiger partial charge in [-0.3, -0.25) is 15.0 Å². The topological polar surface area (TPSA) is 192 Å². The van der Waals surface area contributed by atoms with Gasteiger partial charge in [0.25, 0.3) is 0 Å². The Morgan fingerprint density at radius 3 is 2.56 bits per heavy atom. The van der Waals surface area contributed by atoms with E-state index in [1.54, 1.807) is 19.1 Å². The molecule has 7 heterocycles. The molecule has 1 spiro atoms. The zero-order valence-electron chi connectivity index (χ0n) is 32.1. The highest BCUT2D eigenvalue weighted by molar-refractivity contribution is 7.99. The number of aliphatic hydroxyl groups excluding tert-OH is 1. The monoisotopic (exact) mass is 799 g/mol. The molecule has 2 saturated heterocycles. The molecule has 10 rings (SSSR count). The second-order valence-corrected chi connectivity index (χ2v) is 16.6. The molecule has 4 N–H and O–H groups in total. The van der Waals surface area contributed by atoms with Gasteiger partial charge < -0.3 is 43.7 Å². The number of aromatic hydroxyl groups is 2. The first kappa shape index (κ1) is 37.4. The van der Waals surface area contributed by atoms with Gasteiger partial charge in [-0.05, 0) is 54.7 Å². The smallest absolute Gasteiger partial charge is 0.331 e. The highest BCUT2D eigenvalue weighted by Crippen LogP contribution is 2.64. The lowest BCUT2D eigenvalue weighted by atomic mass is 9.72. The Labute approximate surface area is 332 Å². The fourth-order valence-corrected chi connectivity index (χ4v) is 12.0. The molecule has 0 aliphatic carbocycles. The summed E-state index contributed by atoms with van der Waals surface area (Å²) < 4.78 is 37.9. The largest absolute Gasteiger partial charge is 0.504 e. The predicted molar refractivity (Wildman–Crippen MR) is 204 cm³/mol. The van der Waals surface area contributed by atoms with Crippen molar-refractivity contribution in [1.82, 2.24) is 10.2 Å². The number of benzene rings is 3. The van der Waals surface area contributed by atoms with Crippen molar-refractivity contribution in [2.24, 2.45) is 0 Å². The van der Waals surface area contributed by atoms with Crippen LogP contribution in [0.1, 0.15) is 68.8 Å². The zero-order valence-corrected chi connectivity index (χ0v) is 32.9. The predicted octanol–water partition coefficient (Wildman–Crippen LogP) is 3.13. The third kappa shape index (κ3) is 5.18. The van der Waals surface area contributed by atoms with Crippen LogP contribution in [0.5, 0.6) is 40.2 Å². The molecule has 0 aromatic heterocycles. The quantitative estimate of drug-likeness (QED) is 0.171. The van der Waals surface area contributed by atoms with Gasteiger partial charge in [-0.15, -0.1) is 11.8 Å². The summed E-state index contributed by atoms with van der Waals surface area (Å²) in [5.41, 5.74) is 3.56. The Morgan fingerprint density at radius 2 is 1.86 bits per heavy atom. The summed E-state index contributed by atoms with van der Waals surface area (Å²) in [6, 6.07) is 3.83. The van der Waals surface area contributed by atoms with Crippen LogP contribution >= 0.6 is 11.8 Å². The number of nitriles is 1. The van der Waals surface area contributed by atoms with Crippen molar-refractivity contribution in [3.63, 3.8) is 0 Å². The second kappa shape index (κ2) is 13.4. The SMILES string of the molecule is C=[N+]1[C@@H]2c3c(cc(C)c(OC)c3O)C[C@H]1[C@H](C#N)N1[C@H]2[C@@H]2SC[C@]3(NC(CO)Cc4cc(O)c(OC)cc43)C(=O)OC[C@H]1c1c3c(c(C)c(OC(C)=O)c12)OCO3. The van der Waals surface area contributed by atoms with Crippen LogP contribution in [0.4, 0.5) is 0 Å². The summed E-state index contributed by atoms with van der Waals surface area (Å²) in [6.45, 7) is 8.86. The van der Waals surface area contributed by atoms with Gasteiger partial charge in [0.1, 0.15) is 19.1 Å². The number of esters is 2. The number of thioether (sulfide) groups is 1. The molecule has 7 aliphatic heterocycles. The fourth-order valence-electron chi connectivity index (χ4n) is 10.3. The first-order valence-electron chi connectivity index (χ1n) is 18.8. The van der Waals surface area contributed by atoms with E-state index in [2.05, 4.69) is 23.0 Å². The van der Waals surface area contributed by atoms with Crippen molar-refractivity contribution >= 4 is 30.4 Å². The van der Waals surface area contributed by atoms with Crippen LogP contribution in [-0.4, -0.2) is 108 Å². The Balaban J connectivity index is 1.34. The lowest BCUT2D eigenvalue weighted by Crippen LogP contribution is -2.68. The minimum atomic E-state index is -1.56. The van der Waals surface area contributed by atoms with Gasteiger partial charge in [0.15, 0.2) is 58.2 Å². The van der Waals surface area contributed by atoms with Gasteiger partial charge in [0, 0.05) is 41.8 Å². The Hall–Kier alpha value is -5.21. The van der Waals surface area contributed by atoms with Crippen molar-refractivity contribution in [1.29, 1.82) is 5.26 Å². The molecule has 2 fully saturated rings. The van der Waals surface area contributed by atoms with Crippen molar-refractivity contribution in [3.8, 4) is 46.3 Å². The van der Waals surface area contributed by atoms with Crippen LogP contribution in [0, 0.1) is 25.2 Å². The number of piperazine rings is 1. The number of hydrogen-bond donors (Lipinski definition) is 4. The molecule has 0 saturated carbocycles. The number of ether oxygens (including phenoxy) is 6. The molecule has 3 aromatic rings. The Bertz CT molecular complexity index is 2330. The minimum absolute atomic E-state index is 0.00987. The molecule has 0 amide bonds. The number of phenolic OH excluding ortho intramolecular Hbond substituents is 2. The molecule has 298 valence electrons. The molecule has 3 aromatic carbocycles. The normalized spacial score (nSPS) is 29.3. The highest BCUT2D eigenvalue weighted by atomic mass is 32.2. The van der Waals surface area contributed by atoms with Crippen LogP contribution in [0.2, 0.25) is 0 Å². The summed E-state index contributed by atoms with van der Waals surface area (Å²) in [6.07, 6.45) is 0.715. The van der Waals surface area contributed by atoms with Gasteiger partial charge >= 0.3 is 11.9 Å². The lowest BCUT2D eigenvalue weighted by molar-refractivity contribution is -0.632. The van der Waals surface area contributed by atoms with E-state index in [4.69, 9.17) is 28.4 Å². The maximum absolute atomic E-state index is 14.9. The number of phenols is 2. The van der Waals surface area contributed by atoms with Crippen LogP contribution < -0.4 is 29.0 Å². The molecule has 8 atom stereocenters. The van der Waals surface area contributed by atoms with Gasteiger partial charge in [0.05, 0.1) is 49.8 Å². The van der Waals surface area contributed by atoms with E-state index < -0.39 is 59.0 Å². The summed E-state index contributed by atoms with van der Waals surface area (Å²) in [7, 11) is 2.93. The van der Waals surface area contributed by atoms with E-state index >= 15 is 0 Å². The number of nitrogens with one attached hydrogen (secondary N) is 1. The van der Waals surface area contributed by atoms with E-state index in [0.717, 1.165) is 11.1 Å². The number of fused-ring (bicyclic) bond motifs is 9. The first-order valence-corrected chi connectivity index (χ1v) is 19.8. The molecular formula is C41H43N4O11S+. The van der Waals surface area contributed by atoms with Crippen molar-refractivity contribution < 1.29 is 57.9 Å². The first-order chi connectivity index (χ1) is 27.4. The Morgan fingerprint density at radius 1 is 1.09 bits per heavy atom. The lowest BCUT2D eigenvalue weighted by Gasteiger charge is -2.56. The summed E-state index contributed by atoms with van der Waals surface area (Å²) in [5, 5.41) is 47.3. The maximum atomic E-state index is 14.9. The van der Waals surface area contributed by atoms with E-state index in [-0.39, 0.29) is 48.8 Å². The van der Waals surface area contributed by atoms with E-state index in [1.165, 1.54) is 32.9 Å². The molecule has 0 radical (unpaired) electrons. The number of hydrogen-bond acceptors (Lipinski definition) is 15. The summed E-state index contributed by atoms with van der Waals surface area (Å²) in [4.78, 5) is 30.0. The average Bonchev–Trinajstić information content (AvgIpc) is 3.68. The third-order valence-electron chi connectivity index (χ3n) is 12.6. The number of aliphatic hydroxyl groups is 1. The number of methoxy groups -OCH3 is 2. The maximum Gasteiger partial charge on any atom is 0.331 e. The number of rotatable bonds is 4. The number of carbonyl (C=O) groups is 2. The average molecular weight is 800 g/mol. The number of nitrogens with zero attached hydrogens (tertiary/aromatic N) is 3. The summed E-state index contributed by atoms with van der Waals surface area (Å²) in [5.74, 6) is 0.266.